The molecule has 0 spiro atoms. The van der Waals surface area contributed by atoms with Gasteiger partial charge in [0.1, 0.15) is 11.8 Å². The maximum atomic E-state index is 13.1. The van der Waals surface area contributed by atoms with E-state index in [0.29, 0.717) is 24.1 Å². The smallest absolute Gasteiger partial charge is 0.359 e. The summed E-state index contributed by atoms with van der Waals surface area (Å²) in [7, 11) is -3.91. The molecule has 0 N–H and O–H groups in total. The van der Waals surface area contributed by atoms with Crippen LogP contribution in [0.15, 0.2) is 24.5 Å². The molecule has 188 valence electrons. The van der Waals surface area contributed by atoms with Gasteiger partial charge in [0.05, 0.1) is 17.2 Å². The standard InChI is InChI=1S/C21H30ClN4O7P/c1-20(2,3)18(27)30-13-32-34(29,33-14-31-19(28)21(4,5)6)10-8-7-9-26-12-25-15-16(22)23-11-24-17(15)26/h8,10-12H,7,9,13-14H2,1-6H3/b10-8+. The van der Waals surface area contributed by atoms with E-state index in [9.17, 15) is 14.2 Å². The first-order chi connectivity index (χ1) is 15.7. The van der Waals surface area contributed by atoms with E-state index < -0.39 is 44.0 Å². The van der Waals surface area contributed by atoms with Crippen molar-refractivity contribution in [2.75, 3.05) is 13.6 Å². The van der Waals surface area contributed by atoms with Crippen LogP contribution in [-0.2, 0) is 39.2 Å². The highest BCUT2D eigenvalue weighted by molar-refractivity contribution is 7.57. The second-order valence-corrected chi connectivity index (χ2v) is 11.6. The number of ether oxygens (including phenoxy) is 2. The van der Waals surface area contributed by atoms with Gasteiger partial charge >= 0.3 is 19.5 Å². The summed E-state index contributed by atoms with van der Waals surface area (Å²) >= 11 is 6.01. The number of halogens is 1. The second-order valence-electron chi connectivity index (χ2n) is 9.35. The SMILES string of the molecule is CC(C)(C)C(=O)OCOP(=O)(/C=C/CCn1cnc2c(Cl)ncnc21)OCOC(=O)C(C)(C)C. The van der Waals surface area contributed by atoms with Gasteiger partial charge in [0.2, 0.25) is 13.6 Å². The number of nitrogens with zero attached hydrogens (tertiary/aromatic N) is 4. The number of fused-ring (bicyclic) bond motifs is 1. The van der Waals surface area contributed by atoms with E-state index in [1.165, 1.54) is 12.1 Å². The Bertz CT molecular complexity index is 1050. The Hall–Kier alpha value is -2.33. The summed E-state index contributed by atoms with van der Waals surface area (Å²) in [5.41, 5.74) is -0.474. The number of esters is 2. The summed E-state index contributed by atoms with van der Waals surface area (Å²) < 4.78 is 35.4. The maximum absolute atomic E-state index is 13.1. The fourth-order valence-corrected chi connectivity index (χ4v) is 3.53. The van der Waals surface area contributed by atoms with Gasteiger partial charge in [-0.3, -0.25) is 23.2 Å². The Labute approximate surface area is 203 Å². The lowest BCUT2D eigenvalue weighted by Gasteiger charge is -2.20. The minimum absolute atomic E-state index is 0.250. The third-order valence-electron chi connectivity index (χ3n) is 4.25. The number of carbonyl (C=O) groups is 2. The zero-order chi connectivity index (χ0) is 25.6. The first-order valence-electron chi connectivity index (χ1n) is 10.5. The van der Waals surface area contributed by atoms with Gasteiger partial charge in [-0.05, 0) is 48.0 Å². The van der Waals surface area contributed by atoms with Crippen LogP contribution in [0, 0.1) is 10.8 Å². The molecule has 11 nitrogen and oxygen atoms in total. The number of imidazole rings is 1. The predicted molar refractivity (Wildman–Crippen MR) is 125 cm³/mol. The van der Waals surface area contributed by atoms with Gasteiger partial charge in [-0.25, -0.2) is 15.0 Å². The second kappa shape index (κ2) is 11.4. The molecule has 0 atom stereocenters. The normalized spacial score (nSPS) is 12.9. The van der Waals surface area contributed by atoms with E-state index in [0.717, 1.165) is 0 Å². The van der Waals surface area contributed by atoms with Crippen molar-refractivity contribution in [2.45, 2.75) is 54.5 Å². The van der Waals surface area contributed by atoms with Crippen molar-refractivity contribution in [3.63, 3.8) is 0 Å². The first-order valence-corrected chi connectivity index (χ1v) is 12.4. The number of rotatable bonds is 10. The molecule has 0 aliphatic rings. The molecule has 2 aromatic heterocycles. The van der Waals surface area contributed by atoms with E-state index in [2.05, 4.69) is 15.0 Å². The van der Waals surface area contributed by atoms with Crippen LogP contribution in [0.25, 0.3) is 11.2 Å². The Balaban J connectivity index is 2.02. The van der Waals surface area contributed by atoms with Crippen molar-refractivity contribution in [3.8, 4) is 0 Å². The highest BCUT2D eigenvalue weighted by Crippen LogP contribution is 2.50. The molecule has 34 heavy (non-hydrogen) atoms. The van der Waals surface area contributed by atoms with Crippen molar-refractivity contribution < 1.29 is 32.7 Å². The molecular weight excluding hydrogens is 487 g/mol. The number of aromatic nitrogens is 4. The summed E-state index contributed by atoms with van der Waals surface area (Å²) in [6.45, 7) is 9.32. The van der Waals surface area contributed by atoms with Gasteiger partial charge in [0, 0.05) is 12.4 Å². The number of carbonyl (C=O) groups excluding carboxylic acids is 2. The largest absolute Gasteiger partial charge is 0.438 e. The molecule has 0 aliphatic carbocycles. The van der Waals surface area contributed by atoms with Crippen LogP contribution < -0.4 is 0 Å². The Morgan fingerprint density at radius 3 is 2.09 bits per heavy atom. The lowest BCUT2D eigenvalue weighted by molar-refractivity contribution is -0.161. The molecule has 2 rings (SSSR count). The van der Waals surface area contributed by atoms with Gasteiger partial charge in [0.15, 0.2) is 10.8 Å². The van der Waals surface area contributed by atoms with Gasteiger partial charge in [-0.1, -0.05) is 17.7 Å². The molecule has 13 heteroatoms. The third kappa shape index (κ3) is 8.16. The average Bonchev–Trinajstić information content (AvgIpc) is 3.14. The van der Waals surface area contributed by atoms with Crippen LogP contribution in [-0.4, -0.2) is 45.0 Å². The Morgan fingerprint density at radius 2 is 1.56 bits per heavy atom. The van der Waals surface area contributed by atoms with Crippen LogP contribution in [0.1, 0.15) is 48.0 Å². The summed E-state index contributed by atoms with van der Waals surface area (Å²) in [6.07, 6.45) is 4.90. The topological polar surface area (TPSA) is 132 Å². The summed E-state index contributed by atoms with van der Waals surface area (Å²) in [5.74, 6) is 0.161. The Kier molecular flexibility index (Phi) is 9.36. The lowest BCUT2D eigenvalue weighted by Crippen LogP contribution is -2.24. The molecule has 0 aliphatic heterocycles. The minimum atomic E-state index is -3.91. The molecule has 2 heterocycles. The Morgan fingerprint density at radius 1 is 1.00 bits per heavy atom. The molecule has 0 aromatic carbocycles. The van der Waals surface area contributed by atoms with Crippen LogP contribution in [0.2, 0.25) is 5.15 Å². The molecule has 0 fully saturated rings. The van der Waals surface area contributed by atoms with Crippen molar-refractivity contribution in [3.05, 3.63) is 29.7 Å². The summed E-state index contributed by atoms with van der Waals surface area (Å²) in [5, 5.41) is 0.250. The highest BCUT2D eigenvalue weighted by Gasteiger charge is 2.28. The monoisotopic (exact) mass is 516 g/mol. The zero-order valence-electron chi connectivity index (χ0n) is 20.1. The van der Waals surface area contributed by atoms with E-state index in [1.807, 2.05) is 0 Å². The number of hydrogen-bond donors (Lipinski definition) is 0. The first kappa shape index (κ1) is 27.9. The number of hydrogen-bond acceptors (Lipinski definition) is 10. The van der Waals surface area contributed by atoms with Gasteiger partial charge in [-0.15, -0.1) is 0 Å². The third-order valence-corrected chi connectivity index (χ3v) is 6.03. The lowest BCUT2D eigenvalue weighted by atomic mass is 9.98. The van der Waals surface area contributed by atoms with E-state index in [1.54, 1.807) is 58.5 Å². The number of aryl methyl sites for hydroxylation is 1. The van der Waals surface area contributed by atoms with Gasteiger partial charge < -0.3 is 14.0 Å². The maximum Gasteiger partial charge on any atom is 0.359 e. The quantitative estimate of drug-likeness (QED) is 0.189. The molecule has 0 amide bonds. The molecule has 2 aromatic rings. The van der Waals surface area contributed by atoms with E-state index in [4.69, 9.17) is 30.1 Å². The molecule has 0 bridgehead atoms. The van der Waals surface area contributed by atoms with E-state index in [-0.39, 0.29) is 5.15 Å². The van der Waals surface area contributed by atoms with Crippen molar-refractivity contribution >= 4 is 42.3 Å². The average molecular weight is 517 g/mol. The minimum Gasteiger partial charge on any atom is -0.438 e. The zero-order valence-corrected chi connectivity index (χ0v) is 21.8. The van der Waals surface area contributed by atoms with Crippen LogP contribution >= 0.6 is 19.2 Å². The van der Waals surface area contributed by atoms with Gasteiger partial charge in [-0.2, -0.15) is 0 Å². The number of allylic oxidation sites excluding steroid dienone is 1. The van der Waals surface area contributed by atoms with Crippen molar-refractivity contribution in [2.24, 2.45) is 10.8 Å². The van der Waals surface area contributed by atoms with Crippen molar-refractivity contribution in [1.82, 2.24) is 19.5 Å². The molecule has 0 radical (unpaired) electrons. The van der Waals surface area contributed by atoms with Gasteiger partial charge in [0.25, 0.3) is 0 Å². The van der Waals surface area contributed by atoms with Crippen molar-refractivity contribution in [1.29, 1.82) is 0 Å². The van der Waals surface area contributed by atoms with Crippen LogP contribution in [0.5, 0.6) is 0 Å². The molecule has 0 saturated carbocycles. The fourth-order valence-electron chi connectivity index (χ4n) is 2.30. The summed E-state index contributed by atoms with van der Waals surface area (Å²) in [6, 6.07) is 0. The van der Waals surface area contributed by atoms with Crippen LogP contribution in [0.4, 0.5) is 0 Å². The highest BCUT2D eigenvalue weighted by atomic mass is 35.5. The molecule has 0 saturated heterocycles. The fraction of sp³-hybridized carbons (Fsp3) is 0.571. The predicted octanol–water partition coefficient (Wildman–Crippen LogP) is 4.70. The molecule has 0 unspecified atom stereocenters. The van der Waals surface area contributed by atoms with E-state index >= 15 is 0 Å². The van der Waals surface area contributed by atoms with Crippen LogP contribution in [0.3, 0.4) is 0 Å². The summed E-state index contributed by atoms with van der Waals surface area (Å²) in [4.78, 5) is 36.1. The molecular formula is C21H30ClN4O7P.